The number of hydrogen-bond donors (Lipinski definition) is 0. The average molecular weight is 476 g/mol. The lowest BCUT2D eigenvalue weighted by molar-refractivity contribution is -0.141. The first-order valence-corrected chi connectivity index (χ1v) is 11.1. The molecule has 33 heavy (non-hydrogen) atoms. The molecule has 4 rings (SSSR count). The van der Waals surface area contributed by atoms with Crippen molar-refractivity contribution in [1.82, 2.24) is 39.7 Å². The molecule has 0 aliphatic heterocycles. The molecule has 0 radical (unpaired) electrons. The third-order valence-corrected chi connectivity index (χ3v) is 6.40. The summed E-state index contributed by atoms with van der Waals surface area (Å²) >= 11 is 0. The molecule has 4 aromatic heterocycles. The van der Waals surface area contributed by atoms with Crippen LogP contribution in [0, 0.1) is 0 Å². The first kappa shape index (κ1) is 22.4. The molecule has 0 aromatic carbocycles. The van der Waals surface area contributed by atoms with Crippen LogP contribution in [0.3, 0.4) is 0 Å². The summed E-state index contributed by atoms with van der Waals surface area (Å²) in [7, 11) is -2.26. The first-order chi connectivity index (χ1) is 15.6. The molecule has 0 atom stereocenters. The molecule has 4 aromatic rings. The Morgan fingerprint density at radius 1 is 0.970 bits per heavy atom. The van der Waals surface area contributed by atoms with E-state index in [1.807, 2.05) is 0 Å². The van der Waals surface area contributed by atoms with Crippen molar-refractivity contribution in [2.24, 2.45) is 7.05 Å². The van der Waals surface area contributed by atoms with E-state index in [1.54, 1.807) is 6.07 Å². The van der Waals surface area contributed by atoms with Crippen molar-refractivity contribution in [1.29, 1.82) is 0 Å². The number of nitrogens with zero attached hydrogens (tertiary/aromatic N) is 8. The third-order valence-electron chi connectivity index (χ3n) is 4.64. The zero-order chi connectivity index (χ0) is 23.8. The van der Waals surface area contributed by atoms with Gasteiger partial charge in [-0.2, -0.15) is 13.2 Å². The van der Waals surface area contributed by atoms with E-state index in [2.05, 4.69) is 35.1 Å². The predicted molar refractivity (Wildman–Crippen MR) is 109 cm³/mol. The quantitative estimate of drug-likeness (QED) is 0.427. The van der Waals surface area contributed by atoms with Crippen LogP contribution < -0.4 is 0 Å². The minimum atomic E-state index is -4.67. The second-order valence-electron chi connectivity index (χ2n) is 6.71. The van der Waals surface area contributed by atoms with Gasteiger partial charge in [-0.05, 0) is 24.3 Å². The number of sulfone groups is 1. The van der Waals surface area contributed by atoms with Crippen LogP contribution in [-0.4, -0.2) is 53.9 Å². The molecule has 0 N–H and O–H groups in total. The van der Waals surface area contributed by atoms with E-state index in [9.17, 15) is 21.6 Å². The summed E-state index contributed by atoms with van der Waals surface area (Å²) in [6, 6.07) is 5.19. The van der Waals surface area contributed by atoms with Crippen LogP contribution in [-0.2, 0) is 23.1 Å². The molecule has 0 saturated heterocycles. The largest absolute Gasteiger partial charge is 0.433 e. The zero-order valence-electron chi connectivity index (χ0n) is 17.2. The van der Waals surface area contributed by atoms with E-state index >= 15 is 0 Å². The maximum Gasteiger partial charge on any atom is 0.433 e. The second kappa shape index (κ2) is 8.27. The topological polar surface area (TPSA) is 129 Å². The first-order valence-electron chi connectivity index (χ1n) is 9.42. The molecule has 0 aliphatic carbocycles. The number of alkyl halides is 3. The fourth-order valence-electron chi connectivity index (χ4n) is 2.96. The van der Waals surface area contributed by atoms with Gasteiger partial charge in [-0.3, -0.25) is 0 Å². The highest BCUT2D eigenvalue weighted by Crippen LogP contribution is 2.31. The Balaban J connectivity index is 1.90. The van der Waals surface area contributed by atoms with Gasteiger partial charge in [0.25, 0.3) is 0 Å². The standard InChI is InChI=1S/C19H15F3N8O2S/c1-3-33(31,32)13-6-5-11(16-23-7-4-8-24-16)27-15(13)18-29-28-17(30(18)2)12-9-14(19(20,21)22)26-10-25-12/h4-10H,3H2,1-2H3. The van der Waals surface area contributed by atoms with Gasteiger partial charge in [0.15, 0.2) is 27.3 Å². The Bertz CT molecular complexity index is 1420. The summed E-state index contributed by atoms with van der Waals surface area (Å²) in [6.45, 7) is 1.48. The van der Waals surface area contributed by atoms with E-state index < -0.39 is 21.7 Å². The van der Waals surface area contributed by atoms with Crippen LogP contribution in [0.4, 0.5) is 13.2 Å². The molecule has 14 heteroatoms. The number of halogens is 3. The zero-order valence-corrected chi connectivity index (χ0v) is 18.0. The van der Waals surface area contributed by atoms with Crippen molar-refractivity contribution in [3.05, 3.63) is 48.7 Å². The van der Waals surface area contributed by atoms with Gasteiger partial charge in [0, 0.05) is 19.4 Å². The van der Waals surface area contributed by atoms with E-state index in [-0.39, 0.29) is 45.2 Å². The van der Waals surface area contributed by atoms with Gasteiger partial charge in [-0.25, -0.2) is 33.3 Å². The second-order valence-corrected chi connectivity index (χ2v) is 8.96. The predicted octanol–water partition coefficient (Wildman–Crippen LogP) is 2.60. The van der Waals surface area contributed by atoms with Crippen molar-refractivity contribution < 1.29 is 21.6 Å². The Morgan fingerprint density at radius 2 is 1.67 bits per heavy atom. The summed E-state index contributed by atoms with van der Waals surface area (Å²) in [5, 5.41) is 7.93. The highest BCUT2D eigenvalue weighted by Gasteiger charge is 2.33. The molecule has 0 aliphatic rings. The molecule has 0 fully saturated rings. The minimum Gasteiger partial charge on any atom is -0.307 e. The maximum absolute atomic E-state index is 13.1. The summed E-state index contributed by atoms with van der Waals surface area (Å²) in [4.78, 5) is 19.6. The minimum absolute atomic E-state index is 0.0157. The molecule has 4 heterocycles. The van der Waals surface area contributed by atoms with Crippen LogP contribution in [0.15, 0.2) is 47.9 Å². The van der Waals surface area contributed by atoms with Gasteiger partial charge in [-0.1, -0.05) is 6.92 Å². The van der Waals surface area contributed by atoms with Crippen LogP contribution >= 0.6 is 0 Å². The lowest BCUT2D eigenvalue weighted by atomic mass is 10.2. The normalized spacial score (nSPS) is 12.2. The van der Waals surface area contributed by atoms with E-state index in [4.69, 9.17) is 0 Å². The lowest BCUT2D eigenvalue weighted by Crippen LogP contribution is -2.10. The van der Waals surface area contributed by atoms with Crippen molar-refractivity contribution in [3.63, 3.8) is 0 Å². The van der Waals surface area contributed by atoms with Crippen LogP contribution in [0.1, 0.15) is 12.6 Å². The molecule has 0 spiro atoms. The van der Waals surface area contributed by atoms with Gasteiger partial charge < -0.3 is 4.57 Å². The fraction of sp³-hybridized carbons (Fsp3) is 0.211. The number of pyridine rings is 1. The molecule has 10 nitrogen and oxygen atoms in total. The van der Waals surface area contributed by atoms with Gasteiger partial charge >= 0.3 is 6.18 Å². The lowest BCUT2D eigenvalue weighted by Gasteiger charge is -2.11. The van der Waals surface area contributed by atoms with E-state index in [0.717, 1.165) is 12.4 Å². The Kier molecular flexibility index (Phi) is 5.61. The van der Waals surface area contributed by atoms with E-state index in [1.165, 1.54) is 43.1 Å². The van der Waals surface area contributed by atoms with Gasteiger partial charge in [0.2, 0.25) is 0 Å². The molecule has 0 amide bonds. The van der Waals surface area contributed by atoms with Crippen molar-refractivity contribution in [3.8, 4) is 34.6 Å². The third kappa shape index (κ3) is 4.28. The summed E-state index contributed by atoms with van der Waals surface area (Å²) < 4.78 is 65.9. The molecule has 0 bridgehead atoms. The highest BCUT2D eigenvalue weighted by molar-refractivity contribution is 7.91. The van der Waals surface area contributed by atoms with Crippen LogP contribution in [0.5, 0.6) is 0 Å². The number of rotatable bonds is 5. The van der Waals surface area contributed by atoms with Crippen LogP contribution in [0.2, 0.25) is 0 Å². The molecular weight excluding hydrogens is 461 g/mol. The SMILES string of the molecule is CCS(=O)(=O)c1ccc(-c2ncccn2)nc1-c1nnc(-c2cc(C(F)(F)F)ncn2)n1C. The van der Waals surface area contributed by atoms with Crippen molar-refractivity contribution in [2.75, 3.05) is 5.75 Å². The highest BCUT2D eigenvalue weighted by atomic mass is 32.2. The molecule has 170 valence electrons. The van der Waals surface area contributed by atoms with Crippen molar-refractivity contribution >= 4 is 9.84 Å². The smallest absolute Gasteiger partial charge is 0.307 e. The Hall–Kier alpha value is -3.81. The maximum atomic E-state index is 13.1. The Morgan fingerprint density at radius 3 is 2.33 bits per heavy atom. The molecular formula is C19H15F3N8O2S. The van der Waals surface area contributed by atoms with Gasteiger partial charge in [0.05, 0.1) is 10.6 Å². The van der Waals surface area contributed by atoms with Gasteiger partial charge in [-0.15, -0.1) is 10.2 Å². The summed E-state index contributed by atoms with van der Waals surface area (Å²) in [5.74, 6) is 0.0455. The van der Waals surface area contributed by atoms with Crippen LogP contribution in [0.25, 0.3) is 34.6 Å². The Labute approximate surface area is 185 Å². The molecule has 0 unspecified atom stereocenters. The van der Waals surface area contributed by atoms with Gasteiger partial charge in [0.1, 0.15) is 29.1 Å². The monoisotopic (exact) mass is 476 g/mol. The summed E-state index contributed by atoms with van der Waals surface area (Å²) in [6.07, 6.45) is -0.888. The number of aromatic nitrogens is 8. The number of hydrogen-bond acceptors (Lipinski definition) is 9. The van der Waals surface area contributed by atoms with Crippen molar-refractivity contribution in [2.45, 2.75) is 18.0 Å². The fourth-order valence-corrected chi connectivity index (χ4v) is 3.98. The van der Waals surface area contributed by atoms with E-state index in [0.29, 0.717) is 0 Å². The molecule has 0 saturated carbocycles. The average Bonchev–Trinajstić information content (AvgIpc) is 3.20. The summed E-state index contributed by atoms with van der Waals surface area (Å²) in [5.41, 5.74) is -1.03.